The second kappa shape index (κ2) is 13.7. The summed E-state index contributed by atoms with van der Waals surface area (Å²) in [7, 11) is 0. The molecule has 0 N–H and O–H groups in total. The molecular formula is C55H63N. The molecule has 6 aromatic carbocycles. The van der Waals surface area contributed by atoms with Crippen molar-refractivity contribution in [3.05, 3.63) is 161 Å². The van der Waals surface area contributed by atoms with Crippen LogP contribution in [0.2, 0.25) is 0 Å². The minimum absolute atomic E-state index is 0.0578. The molecule has 1 heteroatoms. The Hall–Kier alpha value is -4.88. The molecule has 6 aromatic rings. The summed E-state index contributed by atoms with van der Waals surface area (Å²) < 4.78 is 0. The molecule has 0 heterocycles. The van der Waals surface area contributed by atoms with Gasteiger partial charge in [0.15, 0.2) is 0 Å². The van der Waals surface area contributed by atoms with Crippen LogP contribution in [0.5, 0.6) is 0 Å². The summed E-state index contributed by atoms with van der Waals surface area (Å²) in [4.78, 5) is 2.44. The SMILES string of the molecule is CC(C)(C)c1cc(-c2ccc(N(c3ccc(-c4cc(C(C)(C)C)cc(C(C)(C)C)c4)cc3)c3ccc4c(c3)C(C)(C)c3ccccc3-4)cc2)cc(C(C)(C)C)c1. The standard InChI is InChI=1S/C55H63N/c1-51(2,3)40-29-38(30-41(33-40)52(4,5)6)36-19-23-44(24-20-36)56(46-27-28-48-47-17-15-16-18-49(47)55(13,14)50(48)35-46)45-25-21-37(22-26-45)39-31-42(53(7,8)9)34-43(32-39)54(10,11)12/h15-35H,1-14H3. The summed E-state index contributed by atoms with van der Waals surface area (Å²) >= 11 is 0. The Morgan fingerprint density at radius 2 is 0.696 bits per heavy atom. The number of anilines is 3. The van der Waals surface area contributed by atoms with E-state index < -0.39 is 0 Å². The lowest BCUT2D eigenvalue weighted by molar-refractivity contribution is 0.568. The molecule has 288 valence electrons. The van der Waals surface area contributed by atoms with E-state index in [1.165, 1.54) is 72.4 Å². The van der Waals surface area contributed by atoms with Crippen molar-refractivity contribution in [3.8, 4) is 33.4 Å². The molecule has 0 fully saturated rings. The van der Waals surface area contributed by atoms with E-state index >= 15 is 0 Å². The van der Waals surface area contributed by atoms with Gasteiger partial charge in [-0.25, -0.2) is 0 Å². The maximum Gasteiger partial charge on any atom is 0.0465 e. The molecule has 0 spiro atoms. The Kier molecular flexibility index (Phi) is 9.59. The van der Waals surface area contributed by atoms with Gasteiger partial charge in [-0.1, -0.05) is 188 Å². The minimum Gasteiger partial charge on any atom is -0.310 e. The van der Waals surface area contributed by atoms with E-state index in [-0.39, 0.29) is 27.1 Å². The van der Waals surface area contributed by atoms with Gasteiger partial charge >= 0.3 is 0 Å². The monoisotopic (exact) mass is 737 g/mol. The maximum atomic E-state index is 2.44. The molecule has 0 saturated heterocycles. The van der Waals surface area contributed by atoms with Gasteiger partial charge in [-0.15, -0.1) is 0 Å². The van der Waals surface area contributed by atoms with E-state index in [2.05, 4.69) is 229 Å². The van der Waals surface area contributed by atoms with Gasteiger partial charge in [-0.05, 0) is 125 Å². The Balaban J connectivity index is 1.35. The second-order valence-corrected chi connectivity index (χ2v) is 20.9. The highest BCUT2D eigenvalue weighted by atomic mass is 15.1. The highest BCUT2D eigenvalue weighted by Gasteiger charge is 2.36. The van der Waals surface area contributed by atoms with Crippen LogP contribution in [0.1, 0.15) is 130 Å². The van der Waals surface area contributed by atoms with Crippen molar-refractivity contribution in [1.82, 2.24) is 0 Å². The third-order valence-electron chi connectivity index (χ3n) is 12.1. The van der Waals surface area contributed by atoms with E-state index in [1.807, 2.05) is 0 Å². The van der Waals surface area contributed by atoms with E-state index in [0.29, 0.717) is 0 Å². The van der Waals surface area contributed by atoms with E-state index in [4.69, 9.17) is 0 Å². The fourth-order valence-corrected chi connectivity index (χ4v) is 8.21. The first-order valence-corrected chi connectivity index (χ1v) is 20.6. The number of fused-ring (bicyclic) bond motifs is 3. The molecule has 1 aliphatic carbocycles. The van der Waals surface area contributed by atoms with Gasteiger partial charge in [0.25, 0.3) is 0 Å². The molecule has 7 rings (SSSR count). The Morgan fingerprint density at radius 3 is 1.09 bits per heavy atom. The predicted octanol–water partition coefficient (Wildman–Crippen LogP) is 16.0. The largest absolute Gasteiger partial charge is 0.310 e. The molecule has 56 heavy (non-hydrogen) atoms. The van der Waals surface area contributed by atoms with Crippen LogP contribution in [0.3, 0.4) is 0 Å². The van der Waals surface area contributed by atoms with Gasteiger partial charge in [-0.3, -0.25) is 0 Å². The van der Waals surface area contributed by atoms with Crippen molar-refractivity contribution >= 4 is 17.1 Å². The number of rotatable bonds is 5. The van der Waals surface area contributed by atoms with Gasteiger partial charge in [-0.2, -0.15) is 0 Å². The molecule has 0 atom stereocenters. The van der Waals surface area contributed by atoms with Crippen LogP contribution in [0, 0.1) is 0 Å². The van der Waals surface area contributed by atoms with Crippen LogP contribution in [-0.4, -0.2) is 0 Å². The smallest absolute Gasteiger partial charge is 0.0465 e. The zero-order chi connectivity index (χ0) is 40.6. The molecule has 0 bridgehead atoms. The van der Waals surface area contributed by atoms with Crippen LogP contribution < -0.4 is 4.90 Å². The first-order chi connectivity index (χ1) is 26.0. The number of hydrogen-bond acceptors (Lipinski definition) is 1. The lowest BCUT2D eigenvalue weighted by atomic mass is 9.79. The lowest BCUT2D eigenvalue weighted by Gasteiger charge is -2.29. The van der Waals surface area contributed by atoms with Gasteiger partial charge < -0.3 is 4.90 Å². The number of nitrogens with zero attached hydrogens (tertiary/aromatic N) is 1. The summed E-state index contributed by atoms with van der Waals surface area (Å²) in [6, 6.07) is 48.8. The van der Waals surface area contributed by atoms with Gasteiger partial charge in [0.05, 0.1) is 0 Å². The van der Waals surface area contributed by atoms with Gasteiger partial charge in [0.1, 0.15) is 0 Å². The molecule has 0 amide bonds. The van der Waals surface area contributed by atoms with Crippen LogP contribution in [0.4, 0.5) is 17.1 Å². The van der Waals surface area contributed by atoms with Crippen molar-refractivity contribution in [1.29, 1.82) is 0 Å². The first-order valence-electron chi connectivity index (χ1n) is 20.6. The molecule has 0 aromatic heterocycles. The fourth-order valence-electron chi connectivity index (χ4n) is 8.21. The molecule has 0 aliphatic heterocycles. The quantitative estimate of drug-likeness (QED) is 0.170. The van der Waals surface area contributed by atoms with Crippen molar-refractivity contribution in [2.75, 3.05) is 4.90 Å². The summed E-state index contributed by atoms with van der Waals surface area (Å²) in [5, 5.41) is 0. The van der Waals surface area contributed by atoms with Crippen LogP contribution in [0.15, 0.2) is 127 Å². The highest BCUT2D eigenvalue weighted by Crippen LogP contribution is 2.51. The maximum absolute atomic E-state index is 2.44. The Morgan fingerprint density at radius 1 is 0.339 bits per heavy atom. The number of benzene rings is 6. The highest BCUT2D eigenvalue weighted by molar-refractivity contribution is 5.86. The summed E-state index contributed by atoms with van der Waals surface area (Å²) in [6.07, 6.45) is 0. The normalized spacial score (nSPS) is 14.0. The molecule has 0 saturated carbocycles. The van der Waals surface area contributed by atoms with Crippen molar-refractivity contribution in [2.24, 2.45) is 0 Å². The van der Waals surface area contributed by atoms with Crippen LogP contribution in [-0.2, 0) is 27.1 Å². The van der Waals surface area contributed by atoms with Crippen LogP contribution in [0.25, 0.3) is 33.4 Å². The Labute approximate surface area is 338 Å². The van der Waals surface area contributed by atoms with E-state index in [9.17, 15) is 0 Å². The van der Waals surface area contributed by atoms with Crippen molar-refractivity contribution in [3.63, 3.8) is 0 Å². The third kappa shape index (κ3) is 7.50. The average molecular weight is 738 g/mol. The molecule has 0 unspecified atom stereocenters. The van der Waals surface area contributed by atoms with E-state index in [1.54, 1.807) is 0 Å². The third-order valence-corrected chi connectivity index (χ3v) is 12.1. The number of hydrogen-bond donors (Lipinski definition) is 0. The average Bonchev–Trinajstić information content (AvgIpc) is 3.36. The summed E-state index contributed by atoms with van der Waals surface area (Å²) in [6.45, 7) is 32.5. The molecule has 0 radical (unpaired) electrons. The van der Waals surface area contributed by atoms with E-state index in [0.717, 1.165) is 11.4 Å². The Bertz CT molecular complexity index is 2210. The van der Waals surface area contributed by atoms with Crippen molar-refractivity contribution in [2.45, 2.75) is 124 Å². The van der Waals surface area contributed by atoms with Crippen molar-refractivity contribution < 1.29 is 0 Å². The molecular weight excluding hydrogens is 675 g/mol. The zero-order valence-electron chi connectivity index (χ0n) is 36.6. The van der Waals surface area contributed by atoms with Crippen LogP contribution >= 0.6 is 0 Å². The topological polar surface area (TPSA) is 3.24 Å². The lowest BCUT2D eigenvalue weighted by Crippen LogP contribution is -2.17. The van der Waals surface area contributed by atoms with Gasteiger partial charge in [0, 0.05) is 22.5 Å². The summed E-state index contributed by atoms with van der Waals surface area (Å²) in [5.74, 6) is 0. The van der Waals surface area contributed by atoms with Gasteiger partial charge in [0.2, 0.25) is 0 Å². The molecule has 1 aliphatic rings. The minimum atomic E-state index is -0.0903. The molecule has 1 nitrogen and oxygen atoms in total. The second-order valence-electron chi connectivity index (χ2n) is 20.9. The first kappa shape index (κ1) is 39.4. The zero-order valence-corrected chi connectivity index (χ0v) is 36.6. The fraction of sp³-hybridized carbons (Fsp3) is 0.345. The predicted molar refractivity (Wildman–Crippen MR) is 244 cm³/mol. The summed E-state index contributed by atoms with van der Waals surface area (Å²) in [5.41, 5.74) is 19.5.